The molecule has 0 atom stereocenters. The Hall–Kier alpha value is -2.21. The van der Waals surface area contributed by atoms with Gasteiger partial charge in [-0.05, 0) is 25.0 Å². The fourth-order valence-corrected chi connectivity index (χ4v) is 3.19. The maximum Gasteiger partial charge on any atom is 0.246 e. The molecule has 5 nitrogen and oxygen atoms in total. The molecule has 2 aromatic heterocycles. The van der Waals surface area contributed by atoms with Gasteiger partial charge in [-0.25, -0.2) is 9.97 Å². The topological polar surface area (TPSA) is 59.8 Å². The second kappa shape index (κ2) is 5.88. The molecule has 1 aromatic carbocycles. The minimum absolute atomic E-state index is 0.0871. The van der Waals surface area contributed by atoms with Crippen LogP contribution in [0.15, 0.2) is 29.6 Å². The Kier molecular flexibility index (Phi) is 3.94. The molecular weight excluding hydrogens is 296 g/mol. The van der Waals surface area contributed by atoms with Crippen LogP contribution >= 0.6 is 11.3 Å². The molecule has 0 radical (unpaired) electrons. The van der Waals surface area contributed by atoms with Crippen molar-refractivity contribution in [2.45, 2.75) is 33.2 Å². The summed E-state index contributed by atoms with van der Waals surface area (Å²) in [6.45, 7) is 6.32. The summed E-state index contributed by atoms with van der Waals surface area (Å²) in [5, 5.41) is 5.50. The van der Waals surface area contributed by atoms with Gasteiger partial charge in [0.1, 0.15) is 12.4 Å². The molecule has 22 heavy (non-hydrogen) atoms. The standard InChI is InChI=1S/C16H18N4OS/c1-10(2)13-9-22-16(18-13)19-15(21)8-20-11(3)17-12-6-4-5-7-14(12)20/h4-7,9-10H,8H2,1-3H3,(H,18,19,21). The molecule has 0 aliphatic rings. The van der Waals surface area contributed by atoms with E-state index >= 15 is 0 Å². The maximum atomic E-state index is 12.3. The van der Waals surface area contributed by atoms with E-state index in [4.69, 9.17) is 0 Å². The summed E-state index contributed by atoms with van der Waals surface area (Å²) < 4.78 is 1.92. The molecule has 1 amide bonds. The number of nitrogens with one attached hydrogen (secondary N) is 1. The van der Waals surface area contributed by atoms with E-state index in [1.807, 2.05) is 41.1 Å². The number of para-hydroxylation sites is 2. The molecule has 0 spiro atoms. The number of aryl methyl sites for hydroxylation is 1. The number of carbonyl (C=O) groups excluding carboxylic acids is 1. The van der Waals surface area contributed by atoms with Crippen molar-refractivity contribution in [3.63, 3.8) is 0 Å². The fourth-order valence-electron chi connectivity index (χ4n) is 2.31. The van der Waals surface area contributed by atoms with E-state index in [-0.39, 0.29) is 12.5 Å². The van der Waals surface area contributed by atoms with Crippen LogP contribution in [0.1, 0.15) is 31.3 Å². The van der Waals surface area contributed by atoms with E-state index in [9.17, 15) is 4.79 Å². The monoisotopic (exact) mass is 314 g/mol. The van der Waals surface area contributed by atoms with Gasteiger partial charge in [-0.2, -0.15) is 0 Å². The average molecular weight is 314 g/mol. The minimum atomic E-state index is -0.0871. The van der Waals surface area contributed by atoms with Crippen molar-refractivity contribution in [2.24, 2.45) is 0 Å². The third-order valence-corrected chi connectivity index (χ3v) is 4.28. The molecule has 0 fully saturated rings. The first-order chi connectivity index (χ1) is 10.5. The summed E-state index contributed by atoms with van der Waals surface area (Å²) >= 11 is 1.46. The van der Waals surface area contributed by atoms with Crippen LogP contribution in [-0.4, -0.2) is 20.4 Å². The predicted octanol–water partition coefficient (Wildman–Crippen LogP) is 3.56. The zero-order chi connectivity index (χ0) is 15.7. The van der Waals surface area contributed by atoms with Crippen molar-refractivity contribution in [2.75, 3.05) is 5.32 Å². The summed E-state index contributed by atoms with van der Waals surface area (Å²) in [6.07, 6.45) is 0. The summed E-state index contributed by atoms with van der Waals surface area (Å²) in [7, 11) is 0. The van der Waals surface area contributed by atoms with Crippen molar-refractivity contribution in [1.82, 2.24) is 14.5 Å². The Morgan fingerprint density at radius 3 is 2.82 bits per heavy atom. The number of aromatic nitrogens is 3. The van der Waals surface area contributed by atoms with Crippen LogP contribution in [0.3, 0.4) is 0 Å². The number of rotatable bonds is 4. The van der Waals surface area contributed by atoms with Gasteiger partial charge in [-0.3, -0.25) is 4.79 Å². The number of carbonyl (C=O) groups is 1. The van der Waals surface area contributed by atoms with Gasteiger partial charge in [-0.1, -0.05) is 26.0 Å². The van der Waals surface area contributed by atoms with Crippen LogP contribution in [0.4, 0.5) is 5.13 Å². The van der Waals surface area contributed by atoms with Gasteiger partial charge in [0, 0.05) is 5.38 Å². The van der Waals surface area contributed by atoms with E-state index in [2.05, 4.69) is 29.1 Å². The Morgan fingerprint density at radius 1 is 1.32 bits per heavy atom. The van der Waals surface area contributed by atoms with Crippen molar-refractivity contribution in [1.29, 1.82) is 0 Å². The van der Waals surface area contributed by atoms with E-state index in [1.54, 1.807) is 0 Å². The van der Waals surface area contributed by atoms with Crippen LogP contribution in [0, 0.1) is 6.92 Å². The number of hydrogen-bond acceptors (Lipinski definition) is 4. The maximum absolute atomic E-state index is 12.3. The summed E-state index contributed by atoms with van der Waals surface area (Å²) in [4.78, 5) is 21.2. The Bertz CT molecular complexity index is 819. The molecule has 1 N–H and O–H groups in total. The lowest BCUT2D eigenvalue weighted by Gasteiger charge is -2.06. The van der Waals surface area contributed by atoms with Gasteiger partial charge < -0.3 is 9.88 Å². The third kappa shape index (κ3) is 2.87. The molecule has 2 heterocycles. The highest BCUT2D eigenvalue weighted by atomic mass is 32.1. The number of fused-ring (bicyclic) bond motifs is 1. The smallest absolute Gasteiger partial charge is 0.246 e. The number of amides is 1. The van der Waals surface area contributed by atoms with Crippen LogP contribution in [0.25, 0.3) is 11.0 Å². The SMILES string of the molecule is Cc1nc2ccccc2n1CC(=O)Nc1nc(C(C)C)cs1. The molecule has 114 valence electrons. The lowest BCUT2D eigenvalue weighted by atomic mass is 10.2. The van der Waals surface area contributed by atoms with E-state index in [0.29, 0.717) is 11.0 Å². The van der Waals surface area contributed by atoms with Crippen molar-refractivity contribution in [3.05, 3.63) is 41.2 Å². The zero-order valence-electron chi connectivity index (χ0n) is 12.8. The molecule has 3 aromatic rings. The van der Waals surface area contributed by atoms with Crippen LogP contribution in [0.2, 0.25) is 0 Å². The number of nitrogens with zero attached hydrogens (tertiary/aromatic N) is 3. The first-order valence-corrected chi connectivity index (χ1v) is 8.09. The molecule has 0 unspecified atom stereocenters. The van der Waals surface area contributed by atoms with Gasteiger partial charge in [-0.15, -0.1) is 11.3 Å². The third-order valence-electron chi connectivity index (χ3n) is 3.51. The molecule has 6 heteroatoms. The van der Waals surface area contributed by atoms with Gasteiger partial charge in [0.05, 0.1) is 16.7 Å². The van der Waals surface area contributed by atoms with E-state index in [1.165, 1.54) is 11.3 Å². The highest BCUT2D eigenvalue weighted by Gasteiger charge is 2.12. The lowest BCUT2D eigenvalue weighted by Crippen LogP contribution is -2.19. The quantitative estimate of drug-likeness (QED) is 0.801. The van der Waals surface area contributed by atoms with E-state index < -0.39 is 0 Å². The van der Waals surface area contributed by atoms with Crippen molar-refractivity contribution >= 4 is 33.4 Å². The van der Waals surface area contributed by atoms with Crippen LogP contribution < -0.4 is 5.32 Å². The largest absolute Gasteiger partial charge is 0.319 e. The van der Waals surface area contributed by atoms with Gasteiger partial charge in [0.2, 0.25) is 5.91 Å². The molecule has 0 aliphatic heterocycles. The Morgan fingerprint density at radius 2 is 2.09 bits per heavy atom. The predicted molar refractivity (Wildman–Crippen MR) is 89.3 cm³/mol. The molecule has 3 rings (SSSR count). The second-order valence-electron chi connectivity index (χ2n) is 5.51. The minimum Gasteiger partial charge on any atom is -0.319 e. The number of thiazole rings is 1. The molecule has 0 saturated carbocycles. The van der Waals surface area contributed by atoms with Gasteiger partial charge in [0.25, 0.3) is 0 Å². The molecule has 0 bridgehead atoms. The van der Waals surface area contributed by atoms with Crippen LogP contribution in [0.5, 0.6) is 0 Å². The Labute approximate surface area is 133 Å². The molecule has 0 aliphatic carbocycles. The number of imidazole rings is 1. The number of anilines is 1. The summed E-state index contributed by atoms with van der Waals surface area (Å²) in [6, 6.07) is 7.82. The number of benzene rings is 1. The lowest BCUT2D eigenvalue weighted by molar-refractivity contribution is -0.116. The van der Waals surface area contributed by atoms with Crippen LogP contribution in [-0.2, 0) is 11.3 Å². The van der Waals surface area contributed by atoms with Crippen molar-refractivity contribution < 1.29 is 4.79 Å². The summed E-state index contributed by atoms with van der Waals surface area (Å²) in [5.74, 6) is 1.11. The zero-order valence-corrected chi connectivity index (χ0v) is 13.6. The van der Waals surface area contributed by atoms with E-state index in [0.717, 1.165) is 22.6 Å². The van der Waals surface area contributed by atoms with Gasteiger partial charge >= 0.3 is 0 Å². The summed E-state index contributed by atoms with van der Waals surface area (Å²) in [5.41, 5.74) is 2.88. The van der Waals surface area contributed by atoms with Crippen molar-refractivity contribution in [3.8, 4) is 0 Å². The Balaban J connectivity index is 1.76. The first kappa shape index (κ1) is 14.7. The second-order valence-corrected chi connectivity index (χ2v) is 6.37. The normalized spacial score (nSPS) is 11.3. The first-order valence-electron chi connectivity index (χ1n) is 7.21. The van der Waals surface area contributed by atoms with Gasteiger partial charge in [0.15, 0.2) is 5.13 Å². The average Bonchev–Trinajstić information content (AvgIpc) is 3.05. The fraction of sp³-hybridized carbons (Fsp3) is 0.312. The molecular formula is C16H18N4OS. The highest BCUT2D eigenvalue weighted by Crippen LogP contribution is 2.21. The highest BCUT2D eigenvalue weighted by molar-refractivity contribution is 7.13. The number of hydrogen-bond donors (Lipinski definition) is 1. The molecule has 0 saturated heterocycles.